The number of aryl methyl sites for hydroxylation is 1. The van der Waals surface area contributed by atoms with Crippen molar-refractivity contribution in [2.24, 2.45) is 4.99 Å². The number of para-hydroxylation sites is 1. The van der Waals surface area contributed by atoms with Crippen molar-refractivity contribution in [1.82, 2.24) is 0 Å². The minimum atomic E-state index is -2.16. The van der Waals surface area contributed by atoms with Crippen LogP contribution in [0.15, 0.2) is 29.3 Å². The molecule has 3 nitrogen and oxygen atoms in total. The van der Waals surface area contributed by atoms with Crippen molar-refractivity contribution in [3.63, 3.8) is 0 Å². The van der Waals surface area contributed by atoms with Crippen molar-refractivity contribution in [1.29, 1.82) is 0 Å². The van der Waals surface area contributed by atoms with Gasteiger partial charge in [-0.2, -0.15) is 0 Å². The molecule has 1 heterocycles. The van der Waals surface area contributed by atoms with Crippen molar-refractivity contribution in [3.05, 3.63) is 29.8 Å². The number of hydrogen-bond acceptors (Lipinski definition) is 3. The van der Waals surface area contributed by atoms with E-state index in [1.807, 2.05) is 24.3 Å². The number of nitrogens with zero attached hydrogens (tertiary/aromatic N) is 1. The first-order chi connectivity index (χ1) is 6.27. The highest BCUT2D eigenvalue weighted by molar-refractivity contribution is 7.95. The molecule has 0 bridgehead atoms. The maximum atomic E-state index is 10.6. The Morgan fingerprint density at radius 1 is 1.31 bits per heavy atom. The highest BCUT2D eigenvalue weighted by atomic mass is 32.2. The van der Waals surface area contributed by atoms with Crippen LogP contribution in [0.5, 0.6) is 0 Å². The Kier molecular flexibility index (Phi) is 2.24. The van der Waals surface area contributed by atoms with Crippen molar-refractivity contribution < 1.29 is 8.76 Å². The van der Waals surface area contributed by atoms with Crippen LogP contribution < -0.4 is 0 Å². The van der Waals surface area contributed by atoms with Gasteiger partial charge in [-0.1, -0.05) is 18.2 Å². The van der Waals surface area contributed by atoms with E-state index >= 15 is 0 Å². The second kappa shape index (κ2) is 3.40. The maximum Gasteiger partial charge on any atom is 0.0913 e. The van der Waals surface area contributed by atoms with Gasteiger partial charge in [0.15, 0.2) is 0 Å². The lowest BCUT2D eigenvalue weighted by atomic mass is 10.1. The predicted octanol–water partition coefficient (Wildman–Crippen LogP) is 1.54. The zero-order valence-corrected chi connectivity index (χ0v) is 7.71. The summed E-state index contributed by atoms with van der Waals surface area (Å²) in [5.74, 6) is 0. The Hall–Kier alpha value is -1.00. The fourth-order valence-corrected chi connectivity index (χ4v) is 1.83. The van der Waals surface area contributed by atoms with Gasteiger partial charge in [0.1, 0.15) is 0 Å². The summed E-state index contributed by atoms with van der Waals surface area (Å²) in [4.78, 5) is 4.05. The molecule has 1 aliphatic heterocycles. The number of hydrogen-bond donors (Lipinski definition) is 0. The van der Waals surface area contributed by atoms with E-state index in [9.17, 15) is 8.76 Å². The fraction of sp³-hybridized carbons (Fsp3) is 0.222. The molecule has 0 aliphatic carbocycles. The number of aliphatic imine (C=N–C) groups is 1. The van der Waals surface area contributed by atoms with E-state index in [0.29, 0.717) is 6.42 Å². The molecule has 1 aliphatic rings. The molecule has 0 N–H and O–H groups in total. The lowest BCUT2D eigenvalue weighted by Crippen LogP contribution is -2.11. The summed E-state index contributed by atoms with van der Waals surface area (Å²) in [6, 6.07) is 7.61. The second-order valence-electron chi connectivity index (χ2n) is 2.87. The smallest absolute Gasteiger partial charge is 0.0913 e. The minimum absolute atomic E-state index is 0.263. The average Bonchev–Trinajstić information content (AvgIpc) is 2.17. The molecule has 1 atom stereocenters. The molecule has 4 heteroatoms. The third-order valence-electron chi connectivity index (χ3n) is 2.04. The number of fused-ring (bicyclic) bond motifs is 1. The molecule has 0 saturated heterocycles. The topological polar surface area (TPSA) is 52.5 Å². The van der Waals surface area contributed by atoms with Crippen molar-refractivity contribution in [2.75, 3.05) is 0 Å². The molecule has 1 aromatic rings. The van der Waals surface area contributed by atoms with Crippen molar-refractivity contribution in [2.45, 2.75) is 12.8 Å². The molecule has 1 aromatic carbocycles. The van der Waals surface area contributed by atoms with Gasteiger partial charge in [-0.05, 0) is 29.1 Å². The summed E-state index contributed by atoms with van der Waals surface area (Å²) in [5, 5.41) is 0.263. The molecular weight excluding hydrogens is 186 g/mol. The van der Waals surface area contributed by atoms with Crippen LogP contribution in [0.2, 0.25) is 0 Å². The van der Waals surface area contributed by atoms with Crippen LogP contribution in [0, 0.1) is 0 Å². The molecule has 2 rings (SSSR count). The van der Waals surface area contributed by atoms with Crippen LogP contribution in [0.3, 0.4) is 0 Å². The fourth-order valence-electron chi connectivity index (χ4n) is 1.38. The Morgan fingerprint density at radius 3 is 2.85 bits per heavy atom. The molecule has 13 heavy (non-hydrogen) atoms. The summed E-state index contributed by atoms with van der Waals surface area (Å²) in [7, 11) is 0. The molecule has 0 saturated carbocycles. The van der Waals surface area contributed by atoms with Crippen LogP contribution >= 0.6 is 0 Å². The zero-order chi connectivity index (χ0) is 9.26. The van der Waals surface area contributed by atoms with Crippen LogP contribution in [0.4, 0.5) is 5.69 Å². The average molecular weight is 194 g/mol. The van der Waals surface area contributed by atoms with Gasteiger partial charge in [-0.25, -0.2) is 4.99 Å². The van der Waals surface area contributed by atoms with Gasteiger partial charge in [0.25, 0.3) is 0 Å². The van der Waals surface area contributed by atoms with E-state index < -0.39 is 11.1 Å². The molecule has 0 spiro atoms. The van der Waals surface area contributed by atoms with E-state index in [1.54, 1.807) is 0 Å². The van der Waals surface area contributed by atoms with Gasteiger partial charge in [0.2, 0.25) is 0 Å². The van der Waals surface area contributed by atoms with Crippen LogP contribution in [0.1, 0.15) is 12.0 Å². The van der Waals surface area contributed by atoms with Crippen molar-refractivity contribution in [3.8, 4) is 0 Å². The first kappa shape index (κ1) is 8.59. The lowest BCUT2D eigenvalue weighted by Gasteiger charge is -2.16. The van der Waals surface area contributed by atoms with Crippen molar-refractivity contribution >= 4 is 21.8 Å². The standard InChI is InChI=1S/C9H9NO2S/c11-13(12)9-6-5-7-3-1-2-4-8(7)10-9/h1-4H,5-6H2,(H,11,12)/p-1. The molecule has 1 unspecified atom stereocenters. The summed E-state index contributed by atoms with van der Waals surface area (Å²) >= 11 is -2.16. The Labute approximate surface area is 78.8 Å². The van der Waals surface area contributed by atoms with Crippen LogP contribution in [-0.4, -0.2) is 13.8 Å². The highest BCUT2D eigenvalue weighted by Crippen LogP contribution is 2.25. The summed E-state index contributed by atoms with van der Waals surface area (Å²) in [6.45, 7) is 0. The van der Waals surface area contributed by atoms with Crippen LogP contribution in [0.25, 0.3) is 0 Å². The van der Waals surface area contributed by atoms with E-state index in [-0.39, 0.29) is 5.04 Å². The van der Waals surface area contributed by atoms with Gasteiger partial charge in [0.05, 0.1) is 10.7 Å². The number of benzene rings is 1. The van der Waals surface area contributed by atoms with Gasteiger partial charge in [0, 0.05) is 6.42 Å². The molecular formula is C9H8NO2S-. The second-order valence-corrected chi connectivity index (χ2v) is 3.81. The van der Waals surface area contributed by atoms with E-state index in [0.717, 1.165) is 17.7 Å². The monoisotopic (exact) mass is 194 g/mol. The first-order valence-corrected chi connectivity index (χ1v) is 5.09. The van der Waals surface area contributed by atoms with Gasteiger partial charge in [-0.3, -0.25) is 4.21 Å². The molecule has 0 fully saturated rings. The van der Waals surface area contributed by atoms with Gasteiger partial charge < -0.3 is 4.55 Å². The predicted molar refractivity (Wildman–Crippen MR) is 50.8 cm³/mol. The highest BCUT2D eigenvalue weighted by Gasteiger charge is 2.10. The lowest BCUT2D eigenvalue weighted by molar-refractivity contribution is 0.548. The third-order valence-corrected chi connectivity index (χ3v) is 2.72. The Morgan fingerprint density at radius 2 is 2.08 bits per heavy atom. The first-order valence-electron chi connectivity index (χ1n) is 4.02. The quantitative estimate of drug-likeness (QED) is 0.588. The summed E-state index contributed by atoms with van der Waals surface area (Å²) < 4.78 is 21.3. The summed E-state index contributed by atoms with van der Waals surface area (Å²) in [6.07, 6.45) is 1.29. The molecule has 68 valence electrons. The molecule has 0 radical (unpaired) electrons. The third kappa shape index (κ3) is 1.68. The summed E-state index contributed by atoms with van der Waals surface area (Å²) in [5.41, 5.74) is 1.91. The maximum absolute atomic E-state index is 10.6. The van der Waals surface area contributed by atoms with Gasteiger partial charge in [-0.15, -0.1) is 0 Å². The Balaban J connectivity index is 2.44. The number of rotatable bonds is 0. The molecule has 0 amide bonds. The minimum Gasteiger partial charge on any atom is -0.767 e. The van der Waals surface area contributed by atoms with E-state index in [2.05, 4.69) is 4.99 Å². The van der Waals surface area contributed by atoms with Crippen LogP contribution in [-0.2, 0) is 17.5 Å². The van der Waals surface area contributed by atoms with E-state index in [1.165, 1.54) is 0 Å². The zero-order valence-electron chi connectivity index (χ0n) is 6.90. The molecule has 0 aromatic heterocycles. The Bertz CT molecular complexity index is 387. The van der Waals surface area contributed by atoms with E-state index in [4.69, 9.17) is 0 Å². The SMILES string of the molecule is O=S([O-])C1=Nc2ccccc2CC1. The van der Waals surface area contributed by atoms with Gasteiger partial charge >= 0.3 is 0 Å². The normalized spacial score (nSPS) is 17.5. The largest absolute Gasteiger partial charge is 0.767 e.